The van der Waals surface area contributed by atoms with Gasteiger partial charge in [0.25, 0.3) is 0 Å². The molecule has 0 saturated carbocycles. The predicted molar refractivity (Wildman–Crippen MR) is 81.1 cm³/mol. The first-order valence-electron chi connectivity index (χ1n) is 6.58. The van der Waals surface area contributed by atoms with E-state index in [9.17, 15) is 0 Å². The first-order valence-corrected chi connectivity index (χ1v) is 7.76. The van der Waals surface area contributed by atoms with Crippen LogP contribution in [0.3, 0.4) is 0 Å². The quantitative estimate of drug-likeness (QED) is 0.905. The molecule has 1 aromatic rings. The van der Waals surface area contributed by atoms with Crippen molar-refractivity contribution in [3.63, 3.8) is 0 Å². The molecule has 18 heavy (non-hydrogen) atoms. The number of benzene rings is 1. The molecule has 1 aromatic carbocycles. The number of rotatable bonds is 4. The average molecular weight is 332 g/mol. The number of likely N-dealkylation sites (tertiary alicyclic amines) is 1. The van der Waals surface area contributed by atoms with Gasteiger partial charge in [-0.3, -0.25) is 0 Å². The lowest BCUT2D eigenvalue weighted by Crippen LogP contribution is -2.42. The van der Waals surface area contributed by atoms with E-state index in [1.165, 1.54) is 38.0 Å². The maximum absolute atomic E-state index is 5.94. The monoisotopic (exact) mass is 330 g/mol. The van der Waals surface area contributed by atoms with E-state index in [2.05, 4.69) is 39.1 Å². The Labute approximate surface area is 123 Å². The van der Waals surface area contributed by atoms with E-state index < -0.39 is 0 Å². The third-order valence-electron chi connectivity index (χ3n) is 3.63. The molecule has 0 aliphatic carbocycles. The second-order valence-electron chi connectivity index (χ2n) is 4.83. The standard InChI is InChI=1S/C14H20BrClN2/c1-2-18-7-5-13(6-8-18)17-10-11-3-4-12(16)9-14(11)15/h3-4,9,13,17H,2,5-8,10H2,1H3. The molecule has 0 radical (unpaired) electrons. The van der Waals surface area contributed by atoms with Crippen LogP contribution in [0.5, 0.6) is 0 Å². The van der Waals surface area contributed by atoms with Gasteiger partial charge < -0.3 is 10.2 Å². The summed E-state index contributed by atoms with van der Waals surface area (Å²) in [5.74, 6) is 0. The third-order valence-corrected chi connectivity index (χ3v) is 4.60. The molecule has 1 aliphatic heterocycles. The SMILES string of the molecule is CCN1CCC(NCc2ccc(Cl)cc2Br)CC1. The highest BCUT2D eigenvalue weighted by molar-refractivity contribution is 9.10. The fourth-order valence-electron chi connectivity index (χ4n) is 2.37. The van der Waals surface area contributed by atoms with Gasteiger partial charge in [0.2, 0.25) is 0 Å². The normalized spacial score (nSPS) is 18.2. The van der Waals surface area contributed by atoms with Crippen molar-refractivity contribution < 1.29 is 0 Å². The fraction of sp³-hybridized carbons (Fsp3) is 0.571. The van der Waals surface area contributed by atoms with Gasteiger partial charge in [0.1, 0.15) is 0 Å². The number of piperidine rings is 1. The van der Waals surface area contributed by atoms with Crippen molar-refractivity contribution in [3.8, 4) is 0 Å². The Morgan fingerprint density at radius 1 is 1.39 bits per heavy atom. The van der Waals surface area contributed by atoms with Gasteiger partial charge in [-0.2, -0.15) is 0 Å². The summed E-state index contributed by atoms with van der Waals surface area (Å²) in [6.07, 6.45) is 2.50. The molecular weight excluding hydrogens is 312 g/mol. The molecule has 100 valence electrons. The molecule has 2 rings (SSSR count). The van der Waals surface area contributed by atoms with Crippen LogP contribution >= 0.6 is 27.5 Å². The molecular formula is C14H20BrClN2. The van der Waals surface area contributed by atoms with E-state index in [-0.39, 0.29) is 0 Å². The molecule has 0 aromatic heterocycles. The minimum atomic E-state index is 0.648. The van der Waals surface area contributed by atoms with Crippen LogP contribution in [-0.4, -0.2) is 30.6 Å². The van der Waals surface area contributed by atoms with Gasteiger partial charge in [-0.25, -0.2) is 0 Å². The zero-order chi connectivity index (χ0) is 13.0. The van der Waals surface area contributed by atoms with Crippen molar-refractivity contribution in [2.75, 3.05) is 19.6 Å². The Balaban J connectivity index is 1.81. The van der Waals surface area contributed by atoms with Crippen molar-refractivity contribution >= 4 is 27.5 Å². The van der Waals surface area contributed by atoms with Crippen molar-refractivity contribution in [2.24, 2.45) is 0 Å². The van der Waals surface area contributed by atoms with Crippen LogP contribution in [0.25, 0.3) is 0 Å². The lowest BCUT2D eigenvalue weighted by atomic mass is 10.0. The van der Waals surface area contributed by atoms with E-state index in [0.29, 0.717) is 6.04 Å². The van der Waals surface area contributed by atoms with Crippen LogP contribution < -0.4 is 5.32 Å². The van der Waals surface area contributed by atoms with Gasteiger partial charge in [-0.15, -0.1) is 0 Å². The van der Waals surface area contributed by atoms with E-state index >= 15 is 0 Å². The Morgan fingerprint density at radius 2 is 2.11 bits per heavy atom. The largest absolute Gasteiger partial charge is 0.310 e. The Hall–Kier alpha value is -0.0900. The first-order chi connectivity index (χ1) is 8.69. The number of halogens is 2. The molecule has 0 spiro atoms. The second kappa shape index (κ2) is 6.90. The Morgan fingerprint density at radius 3 is 2.72 bits per heavy atom. The summed E-state index contributed by atoms with van der Waals surface area (Å²) in [4.78, 5) is 2.51. The lowest BCUT2D eigenvalue weighted by Gasteiger charge is -2.31. The van der Waals surface area contributed by atoms with E-state index in [4.69, 9.17) is 11.6 Å². The molecule has 0 bridgehead atoms. The minimum Gasteiger partial charge on any atom is -0.310 e. The topological polar surface area (TPSA) is 15.3 Å². The molecule has 1 fully saturated rings. The highest BCUT2D eigenvalue weighted by Gasteiger charge is 2.17. The van der Waals surface area contributed by atoms with Crippen molar-refractivity contribution in [1.82, 2.24) is 10.2 Å². The maximum atomic E-state index is 5.94. The van der Waals surface area contributed by atoms with Gasteiger partial charge in [0.05, 0.1) is 0 Å². The van der Waals surface area contributed by atoms with Gasteiger partial charge >= 0.3 is 0 Å². The van der Waals surface area contributed by atoms with E-state index in [1.54, 1.807) is 0 Å². The number of hydrogen-bond donors (Lipinski definition) is 1. The molecule has 1 heterocycles. The van der Waals surface area contributed by atoms with Gasteiger partial charge in [-0.05, 0) is 50.2 Å². The van der Waals surface area contributed by atoms with Crippen LogP contribution in [0.15, 0.2) is 22.7 Å². The van der Waals surface area contributed by atoms with Gasteiger partial charge in [0.15, 0.2) is 0 Å². The average Bonchev–Trinajstić information content (AvgIpc) is 2.38. The molecule has 2 nitrogen and oxygen atoms in total. The van der Waals surface area contributed by atoms with Crippen molar-refractivity contribution in [1.29, 1.82) is 0 Å². The zero-order valence-corrected chi connectivity index (χ0v) is 13.1. The van der Waals surface area contributed by atoms with E-state index in [1.807, 2.05) is 12.1 Å². The van der Waals surface area contributed by atoms with Gasteiger partial charge in [-0.1, -0.05) is 40.5 Å². The molecule has 1 aliphatic rings. The number of nitrogens with one attached hydrogen (secondary N) is 1. The number of hydrogen-bond acceptors (Lipinski definition) is 2. The van der Waals surface area contributed by atoms with Crippen molar-refractivity contribution in [2.45, 2.75) is 32.4 Å². The van der Waals surface area contributed by atoms with Crippen LogP contribution in [0, 0.1) is 0 Å². The van der Waals surface area contributed by atoms with Crippen molar-refractivity contribution in [3.05, 3.63) is 33.3 Å². The molecule has 1 N–H and O–H groups in total. The molecule has 1 saturated heterocycles. The first kappa shape index (κ1) is 14.3. The minimum absolute atomic E-state index is 0.648. The summed E-state index contributed by atoms with van der Waals surface area (Å²) in [5, 5.41) is 4.42. The predicted octanol–water partition coefficient (Wildman–Crippen LogP) is 3.68. The van der Waals surface area contributed by atoms with Crippen LogP contribution in [0.1, 0.15) is 25.3 Å². The van der Waals surface area contributed by atoms with Crippen LogP contribution in [-0.2, 0) is 6.54 Å². The maximum Gasteiger partial charge on any atom is 0.0417 e. The summed E-state index contributed by atoms with van der Waals surface area (Å²) >= 11 is 9.50. The summed E-state index contributed by atoms with van der Waals surface area (Å²) in [6.45, 7) is 6.76. The summed E-state index contributed by atoms with van der Waals surface area (Å²) in [7, 11) is 0. The molecule has 0 amide bonds. The molecule has 0 unspecified atom stereocenters. The van der Waals surface area contributed by atoms with Crippen LogP contribution in [0.4, 0.5) is 0 Å². The zero-order valence-electron chi connectivity index (χ0n) is 10.8. The smallest absolute Gasteiger partial charge is 0.0417 e. The fourth-order valence-corrected chi connectivity index (χ4v) is 3.20. The van der Waals surface area contributed by atoms with Gasteiger partial charge in [0, 0.05) is 22.1 Å². The molecule has 4 heteroatoms. The summed E-state index contributed by atoms with van der Waals surface area (Å²) in [6, 6.07) is 6.64. The lowest BCUT2D eigenvalue weighted by molar-refractivity contribution is 0.206. The highest BCUT2D eigenvalue weighted by Crippen LogP contribution is 2.22. The highest BCUT2D eigenvalue weighted by atomic mass is 79.9. The van der Waals surface area contributed by atoms with E-state index in [0.717, 1.165) is 16.0 Å². The third kappa shape index (κ3) is 3.95. The Kier molecular flexibility index (Phi) is 5.49. The molecule has 0 atom stereocenters. The van der Waals surface area contributed by atoms with Crippen LogP contribution in [0.2, 0.25) is 5.02 Å². The Bertz CT molecular complexity index is 389. The summed E-state index contributed by atoms with van der Waals surface area (Å²) < 4.78 is 1.09. The second-order valence-corrected chi connectivity index (χ2v) is 6.12. The summed E-state index contributed by atoms with van der Waals surface area (Å²) in [5.41, 5.74) is 1.28. The number of nitrogens with zero attached hydrogens (tertiary/aromatic N) is 1.